The molecule has 0 bridgehead atoms. The van der Waals surface area contributed by atoms with Gasteiger partial charge in [-0.2, -0.15) is 0 Å². The average Bonchev–Trinajstić information content (AvgIpc) is 2.46. The molecule has 15 heavy (non-hydrogen) atoms. The molecule has 2 heterocycles. The van der Waals surface area contributed by atoms with Crippen molar-refractivity contribution >= 4 is 0 Å². The van der Waals surface area contributed by atoms with Crippen LogP contribution in [0.1, 0.15) is 32.1 Å². The van der Waals surface area contributed by atoms with Crippen molar-refractivity contribution in [3.05, 3.63) is 0 Å². The lowest BCUT2D eigenvalue weighted by atomic mass is 10.0. The molecule has 0 radical (unpaired) electrons. The Morgan fingerprint density at radius 2 is 1.73 bits per heavy atom. The minimum atomic E-state index is 0.715. The molecule has 0 aliphatic carbocycles. The summed E-state index contributed by atoms with van der Waals surface area (Å²) < 4.78 is 5.38. The largest absolute Gasteiger partial charge is 0.381 e. The molecule has 2 rings (SSSR count). The summed E-state index contributed by atoms with van der Waals surface area (Å²) in [6.07, 6.45) is 6.41. The van der Waals surface area contributed by atoms with Crippen molar-refractivity contribution in [3.63, 3.8) is 0 Å². The SMILES string of the molecule is CN1CCCC(NC2CCOCC2)CC1. The van der Waals surface area contributed by atoms with Crippen LogP contribution in [0, 0.1) is 0 Å². The van der Waals surface area contributed by atoms with Gasteiger partial charge in [0.05, 0.1) is 0 Å². The van der Waals surface area contributed by atoms with Crippen LogP contribution in [0.15, 0.2) is 0 Å². The van der Waals surface area contributed by atoms with Gasteiger partial charge in [-0.1, -0.05) is 0 Å². The maximum Gasteiger partial charge on any atom is 0.0480 e. The summed E-state index contributed by atoms with van der Waals surface area (Å²) >= 11 is 0. The van der Waals surface area contributed by atoms with E-state index in [2.05, 4.69) is 17.3 Å². The summed E-state index contributed by atoms with van der Waals surface area (Å²) in [6, 6.07) is 1.46. The minimum Gasteiger partial charge on any atom is -0.381 e. The van der Waals surface area contributed by atoms with Crippen LogP contribution in [0.25, 0.3) is 0 Å². The molecule has 0 amide bonds. The predicted molar refractivity (Wildman–Crippen MR) is 62.1 cm³/mol. The Bertz CT molecular complexity index is 180. The molecule has 1 N–H and O–H groups in total. The van der Waals surface area contributed by atoms with Crippen molar-refractivity contribution in [2.45, 2.75) is 44.2 Å². The van der Waals surface area contributed by atoms with Crippen LogP contribution in [-0.2, 0) is 4.74 Å². The second-order valence-electron chi connectivity index (χ2n) is 4.98. The fraction of sp³-hybridized carbons (Fsp3) is 1.00. The van der Waals surface area contributed by atoms with Gasteiger partial charge in [0.2, 0.25) is 0 Å². The van der Waals surface area contributed by atoms with E-state index < -0.39 is 0 Å². The molecule has 0 aromatic carbocycles. The number of hydrogen-bond donors (Lipinski definition) is 1. The Balaban J connectivity index is 1.72. The van der Waals surface area contributed by atoms with Gasteiger partial charge in [-0.3, -0.25) is 0 Å². The molecule has 0 aromatic rings. The lowest BCUT2D eigenvalue weighted by molar-refractivity contribution is 0.0743. The lowest BCUT2D eigenvalue weighted by Gasteiger charge is -2.28. The van der Waals surface area contributed by atoms with E-state index in [1.54, 1.807) is 0 Å². The fourth-order valence-electron chi connectivity index (χ4n) is 2.60. The zero-order chi connectivity index (χ0) is 10.5. The van der Waals surface area contributed by atoms with E-state index in [1.807, 2.05) is 0 Å². The number of ether oxygens (including phenoxy) is 1. The first-order chi connectivity index (χ1) is 7.34. The third kappa shape index (κ3) is 3.74. The smallest absolute Gasteiger partial charge is 0.0480 e. The maximum atomic E-state index is 5.38. The zero-order valence-corrected chi connectivity index (χ0v) is 9.87. The Hall–Kier alpha value is -0.120. The highest BCUT2D eigenvalue weighted by atomic mass is 16.5. The first-order valence-electron chi connectivity index (χ1n) is 6.37. The molecule has 88 valence electrons. The van der Waals surface area contributed by atoms with Crippen molar-refractivity contribution in [2.24, 2.45) is 0 Å². The number of likely N-dealkylation sites (tertiary alicyclic amines) is 1. The second kappa shape index (κ2) is 5.83. The highest BCUT2D eigenvalue weighted by Crippen LogP contribution is 2.13. The van der Waals surface area contributed by atoms with Gasteiger partial charge in [0.1, 0.15) is 0 Å². The van der Waals surface area contributed by atoms with Crippen LogP contribution in [0.2, 0.25) is 0 Å². The molecule has 2 fully saturated rings. The van der Waals surface area contributed by atoms with Crippen molar-refractivity contribution in [2.75, 3.05) is 33.4 Å². The molecule has 1 unspecified atom stereocenters. The van der Waals surface area contributed by atoms with Gasteiger partial charge < -0.3 is 15.0 Å². The van der Waals surface area contributed by atoms with Gasteiger partial charge in [-0.05, 0) is 52.2 Å². The normalized spacial score (nSPS) is 31.4. The number of nitrogens with one attached hydrogen (secondary N) is 1. The summed E-state index contributed by atoms with van der Waals surface area (Å²) in [6.45, 7) is 4.42. The molecule has 1 atom stereocenters. The molecular weight excluding hydrogens is 188 g/mol. The van der Waals surface area contributed by atoms with Crippen LogP contribution >= 0.6 is 0 Å². The first-order valence-corrected chi connectivity index (χ1v) is 6.37. The van der Waals surface area contributed by atoms with Gasteiger partial charge in [-0.25, -0.2) is 0 Å². The zero-order valence-electron chi connectivity index (χ0n) is 9.87. The summed E-state index contributed by atoms with van der Waals surface area (Å²) in [5, 5.41) is 3.81. The summed E-state index contributed by atoms with van der Waals surface area (Å²) in [5.74, 6) is 0. The van der Waals surface area contributed by atoms with Crippen molar-refractivity contribution in [1.82, 2.24) is 10.2 Å². The Morgan fingerprint density at radius 3 is 2.53 bits per heavy atom. The van der Waals surface area contributed by atoms with E-state index >= 15 is 0 Å². The average molecular weight is 212 g/mol. The van der Waals surface area contributed by atoms with Gasteiger partial charge in [0.25, 0.3) is 0 Å². The van der Waals surface area contributed by atoms with E-state index in [1.165, 1.54) is 45.2 Å². The van der Waals surface area contributed by atoms with Crippen LogP contribution < -0.4 is 5.32 Å². The Morgan fingerprint density at radius 1 is 1.00 bits per heavy atom. The summed E-state index contributed by atoms with van der Waals surface area (Å²) in [4.78, 5) is 2.45. The number of hydrogen-bond acceptors (Lipinski definition) is 3. The highest BCUT2D eigenvalue weighted by Gasteiger charge is 2.20. The number of nitrogens with zero attached hydrogens (tertiary/aromatic N) is 1. The van der Waals surface area contributed by atoms with Crippen molar-refractivity contribution < 1.29 is 4.74 Å². The summed E-state index contributed by atoms with van der Waals surface area (Å²) in [5.41, 5.74) is 0. The van der Waals surface area contributed by atoms with Gasteiger partial charge in [-0.15, -0.1) is 0 Å². The quantitative estimate of drug-likeness (QED) is 0.745. The maximum absolute atomic E-state index is 5.38. The van der Waals surface area contributed by atoms with E-state index in [-0.39, 0.29) is 0 Å². The molecule has 0 saturated carbocycles. The third-order valence-electron chi connectivity index (χ3n) is 3.64. The minimum absolute atomic E-state index is 0.715. The molecule has 0 aromatic heterocycles. The molecule has 2 aliphatic heterocycles. The summed E-state index contributed by atoms with van der Waals surface area (Å²) in [7, 11) is 2.23. The van der Waals surface area contributed by atoms with Crippen LogP contribution in [0.5, 0.6) is 0 Å². The highest BCUT2D eigenvalue weighted by molar-refractivity contribution is 4.79. The van der Waals surface area contributed by atoms with Crippen LogP contribution in [0.4, 0.5) is 0 Å². The third-order valence-corrected chi connectivity index (χ3v) is 3.64. The van der Waals surface area contributed by atoms with Gasteiger partial charge in [0, 0.05) is 25.3 Å². The molecular formula is C12H24N2O. The van der Waals surface area contributed by atoms with E-state index in [4.69, 9.17) is 4.74 Å². The van der Waals surface area contributed by atoms with Crippen molar-refractivity contribution in [1.29, 1.82) is 0 Å². The molecule has 2 saturated heterocycles. The molecule has 3 heteroatoms. The topological polar surface area (TPSA) is 24.5 Å². The van der Waals surface area contributed by atoms with E-state index in [9.17, 15) is 0 Å². The second-order valence-corrected chi connectivity index (χ2v) is 4.98. The van der Waals surface area contributed by atoms with Crippen LogP contribution in [-0.4, -0.2) is 50.3 Å². The van der Waals surface area contributed by atoms with Crippen molar-refractivity contribution in [3.8, 4) is 0 Å². The fourth-order valence-corrected chi connectivity index (χ4v) is 2.60. The Kier molecular flexibility index (Phi) is 4.42. The number of rotatable bonds is 2. The van der Waals surface area contributed by atoms with Crippen LogP contribution in [0.3, 0.4) is 0 Å². The van der Waals surface area contributed by atoms with Gasteiger partial charge >= 0.3 is 0 Å². The van der Waals surface area contributed by atoms with E-state index in [0.717, 1.165) is 19.3 Å². The standard InChI is InChI=1S/C12H24N2O/c1-14-7-2-3-11(4-8-14)13-12-5-9-15-10-6-12/h11-13H,2-10H2,1H3. The molecule has 3 nitrogen and oxygen atoms in total. The Labute approximate surface area is 93.2 Å². The molecule has 0 spiro atoms. The molecule has 2 aliphatic rings. The lowest BCUT2D eigenvalue weighted by Crippen LogP contribution is -2.42. The predicted octanol–water partition coefficient (Wildman–Crippen LogP) is 1.24. The van der Waals surface area contributed by atoms with Gasteiger partial charge in [0.15, 0.2) is 0 Å². The van der Waals surface area contributed by atoms with E-state index in [0.29, 0.717) is 6.04 Å². The first kappa shape index (κ1) is 11.4. The monoisotopic (exact) mass is 212 g/mol.